The maximum absolute atomic E-state index is 15.4. The van der Waals surface area contributed by atoms with E-state index in [0.29, 0.717) is 38.5 Å². The monoisotopic (exact) mass is 1220 g/mol. The Labute approximate surface area is 493 Å². The van der Waals surface area contributed by atoms with Crippen molar-refractivity contribution in [3.8, 4) is 0 Å². The lowest BCUT2D eigenvalue weighted by Crippen LogP contribution is -2.72. The Kier molecular flexibility index (Phi) is 18.7. The highest BCUT2D eigenvalue weighted by Crippen LogP contribution is 2.76. The standard InChI is InChI=1S/C58H94O27/c1-22-32(65)35(68)38(71)48(78-22)82-43-29(64)20-76-47(41(43)74)81-42-23(2)79-49(40(73)37(42)70)83-44-33(66)28(63)19-77-51(44)85-52(75)58-13-11-53(3,4)15-25(58)24-9-10-31-54(5)16-27(62)46(84-50-39(72)36(69)34(67)30(18-59)80-50)55(6,21-60)45(54)26(61)17-57(31,8)56(24,7)12-14-58/h9,22-23,25-51,59-74H,10-21H2,1-8H3/t22-,23-,25-,26+,27-,28+,29+,30+,31+,32-,33+,34+,35+,36-,37-,38+,39+,40+,41+,42+,43-,44+,45+,46-,47-,48-,49-,50-,51-,54+,55-,56+,57+,58-/m0/s1. The van der Waals surface area contributed by atoms with Crippen molar-refractivity contribution in [3.05, 3.63) is 11.6 Å². The Morgan fingerprint density at radius 3 is 1.78 bits per heavy atom. The van der Waals surface area contributed by atoms with Gasteiger partial charge in [0.15, 0.2) is 31.3 Å². The first-order valence-electron chi connectivity index (χ1n) is 30.2. The number of aliphatic hydroxyl groups is 16. The zero-order valence-corrected chi connectivity index (χ0v) is 49.5. The van der Waals surface area contributed by atoms with Gasteiger partial charge in [-0.25, -0.2) is 0 Å². The fourth-order valence-corrected chi connectivity index (χ4v) is 17.7. The minimum absolute atomic E-state index is 0.103. The molecule has 27 nitrogen and oxygen atoms in total. The predicted octanol–water partition coefficient (Wildman–Crippen LogP) is -3.96. The number of fused-ring (bicyclic) bond motifs is 7. The summed E-state index contributed by atoms with van der Waals surface area (Å²) in [4.78, 5) is 15.4. The van der Waals surface area contributed by atoms with E-state index in [0.717, 1.165) is 5.57 Å². The van der Waals surface area contributed by atoms with Crippen molar-refractivity contribution < 1.29 is 134 Å². The third-order valence-electron chi connectivity index (χ3n) is 22.7. The Bertz CT molecular complexity index is 2390. The van der Waals surface area contributed by atoms with Crippen molar-refractivity contribution in [1.29, 1.82) is 0 Å². The van der Waals surface area contributed by atoms with Crippen LogP contribution in [0.2, 0.25) is 0 Å². The van der Waals surface area contributed by atoms with Crippen molar-refractivity contribution in [1.82, 2.24) is 0 Å². The summed E-state index contributed by atoms with van der Waals surface area (Å²) in [7, 11) is 0. The lowest BCUT2D eigenvalue weighted by Gasteiger charge is -2.72. The van der Waals surface area contributed by atoms with E-state index < -0.39 is 231 Å². The van der Waals surface area contributed by atoms with Gasteiger partial charge < -0.3 is 129 Å². The molecule has 5 aliphatic heterocycles. The van der Waals surface area contributed by atoms with Crippen LogP contribution in [0.4, 0.5) is 0 Å². The van der Waals surface area contributed by atoms with Gasteiger partial charge in [0, 0.05) is 11.3 Å². The smallest absolute Gasteiger partial charge is 0.315 e. The Balaban J connectivity index is 0.852. The molecule has 0 spiro atoms. The average Bonchev–Trinajstić information content (AvgIpc) is 0.681. The zero-order valence-electron chi connectivity index (χ0n) is 49.5. The largest absolute Gasteiger partial charge is 0.432 e. The van der Waals surface area contributed by atoms with Gasteiger partial charge in [0.1, 0.15) is 91.6 Å². The Morgan fingerprint density at radius 2 is 1.12 bits per heavy atom. The van der Waals surface area contributed by atoms with Crippen LogP contribution in [0.15, 0.2) is 11.6 Å². The summed E-state index contributed by atoms with van der Waals surface area (Å²) >= 11 is 0. The molecule has 0 radical (unpaired) electrons. The molecule has 0 amide bonds. The van der Waals surface area contributed by atoms with Crippen molar-refractivity contribution in [2.75, 3.05) is 26.4 Å². The molecule has 0 unspecified atom stereocenters. The molecular weight excluding hydrogens is 1130 g/mol. The van der Waals surface area contributed by atoms with Crippen LogP contribution in [0.1, 0.15) is 107 Å². The van der Waals surface area contributed by atoms with Gasteiger partial charge in [-0.3, -0.25) is 4.79 Å². The van der Waals surface area contributed by atoms with E-state index >= 15 is 4.79 Å². The molecule has 27 heteroatoms. The van der Waals surface area contributed by atoms with Crippen LogP contribution in [0.5, 0.6) is 0 Å². The summed E-state index contributed by atoms with van der Waals surface area (Å²) in [6.45, 7) is 13.0. The van der Waals surface area contributed by atoms with Crippen LogP contribution in [-0.2, 0) is 52.2 Å². The molecule has 488 valence electrons. The highest BCUT2D eigenvalue weighted by Gasteiger charge is 2.73. The molecule has 0 bridgehead atoms. The minimum atomic E-state index is -1.96. The normalized spacial score (nSPS) is 56.1. The number of carbonyl (C=O) groups is 1. The van der Waals surface area contributed by atoms with E-state index in [1.54, 1.807) is 6.92 Å². The summed E-state index contributed by atoms with van der Waals surface area (Å²) in [5.41, 5.74) is -3.85. The molecule has 0 aromatic carbocycles. The quantitative estimate of drug-likeness (QED) is 0.0504. The third kappa shape index (κ3) is 10.9. The van der Waals surface area contributed by atoms with Crippen LogP contribution in [0.25, 0.3) is 0 Å². The topological polar surface area (TPSA) is 433 Å². The van der Waals surface area contributed by atoms with Gasteiger partial charge in [0.25, 0.3) is 0 Å². The first kappa shape index (κ1) is 66.1. The minimum Gasteiger partial charge on any atom is -0.432 e. The highest BCUT2D eigenvalue weighted by molar-refractivity contribution is 5.79. The second kappa shape index (κ2) is 24.0. The molecule has 5 aliphatic carbocycles. The summed E-state index contributed by atoms with van der Waals surface area (Å²) < 4.78 is 59.1. The van der Waals surface area contributed by atoms with Crippen LogP contribution >= 0.6 is 0 Å². The van der Waals surface area contributed by atoms with Gasteiger partial charge >= 0.3 is 5.97 Å². The SMILES string of the molecule is C[C@@H]1O[C@@H](O[C@@H]2[C@@H](O)[C@H](O[C@H]3[C@@H](O)[C@@H](O)[C@H](O[C@H]4[C@H](OC(=O)[C@]56CCC(C)(C)C[C@H]5C5=CC[C@@H]7[C@@]8(C)C[C@H](O)[C@H](O[C@@H]9O[C@H](CO)[C@@H](O)[C@H](O)[C@H]9O)[C@@](C)(CO)[C@@H]8[C@H](O)C[C@@]7(C)[C@]5(C)CC6)OC[C@@H](O)[C@H]4O)O[C@H]3C)OC[C@H]2O)[C@H](O)[C@H](O)[C@H]1O. The Hall–Kier alpha value is -1.79. The number of ether oxygens (including phenoxy) is 10. The number of aliphatic hydroxyl groups excluding tert-OH is 16. The van der Waals surface area contributed by atoms with Crippen LogP contribution < -0.4 is 0 Å². The van der Waals surface area contributed by atoms with Gasteiger partial charge in [0.05, 0.1) is 62.4 Å². The molecule has 9 fully saturated rings. The molecule has 5 heterocycles. The fraction of sp³-hybridized carbons (Fsp3) is 0.948. The molecule has 16 N–H and O–H groups in total. The van der Waals surface area contributed by atoms with E-state index in [9.17, 15) is 81.7 Å². The molecule has 10 rings (SSSR count). The van der Waals surface area contributed by atoms with Gasteiger partial charge in [0.2, 0.25) is 6.29 Å². The number of carbonyl (C=O) groups excluding carboxylic acids is 1. The van der Waals surface area contributed by atoms with Gasteiger partial charge in [-0.15, -0.1) is 0 Å². The lowest BCUT2D eigenvalue weighted by atomic mass is 9.33. The molecule has 34 atom stereocenters. The third-order valence-corrected chi connectivity index (χ3v) is 22.7. The number of esters is 1. The predicted molar refractivity (Wildman–Crippen MR) is 285 cm³/mol. The summed E-state index contributed by atoms with van der Waals surface area (Å²) in [6.07, 6.45) is -35.1. The highest BCUT2D eigenvalue weighted by atomic mass is 16.8. The second-order valence-electron chi connectivity index (χ2n) is 28.3. The number of allylic oxidation sites excluding steroid dienone is 2. The fourth-order valence-electron chi connectivity index (χ4n) is 17.7. The molecule has 85 heavy (non-hydrogen) atoms. The molecule has 5 saturated heterocycles. The van der Waals surface area contributed by atoms with Crippen molar-refractivity contribution in [2.24, 2.45) is 50.2 Å². The first-order chi connectivity index (χ1) is 39.7. The van der Waals surface area contributed by atoms with E-state index in [4.69, 9.17) is 47.4 Å². The Morgan fingerprint density at radius 1 is 0.541 bits per heavy atom. The molecular formula is C58H94O27. The molecule has 10 aliphatic rings. The zero-order chi connectivity index (χ0) is 62.2. The molecule has 4 saturated carbocycles. The first-order valence-corrected chi connectivity index (χ1v) is 30.2. The summed E-state index contributed by atoms with van der Waals surface area (Å²) in [6, 6.07) is 0. The van der Waals surface area contributed by atoms with E-state index in [1.165, 1.54) is 13.8 Å². The molecule has 0 aromatic rings. The number of rotatable bonds is 12. The lowest BCUT2D eigenvalue weighted by molar-refractivity contribution is -0.377. The van der Waals surface area contributed by atoms with Crippen molar-refractivity contribution in [3.63, 3.8) is 0 Å². The summed E-state index contributed by atoms with van der Waals surface area (Å²) in [5, 5.41) is 177. The maximum atomic E-state index is 15.4. The van der Waals surface area contributed by atoms with E-state index in [-0.39, 0.29) is 24.2 Å². The van der Waals surface area contributed by atoms with Gasteiger partial charge in [-0.2, -0.15) is 0 Å². The second-order valence-corrected chi connectivity index (χ2v) is 28.3. The van der Waals surface area contributed by atoms with Crippen LogP contribution in [0, 0.1) is 50.2 Å². The van der Waals surface area contributed by atoms with E-state index in [1.807, 2.05) is 6.92 Å². The van der Waals surface area contributed by atoms with Crippen molar-refractivity contribution >= 4 is 5.97 Å². The molecule has 0 aromatic heterocycles. The van der Waals surface area contributed by atoms with Gasteiger partial charge in [-0.05, 0) is 98.7 Å². The number of hydrogen-bond acceptors (Lipinski definition) is 27. The maximum Gasteiger partial charge on any atom is 0.315 e. The van der Waals surface area contributed by atoms with Gasteiger partial charge in [-0.1, -0.05) is 53.2 Å². The number of hydrogen-bond donors (Lipinski definition) is 16. The van der Waals surface area contributed by atoms with Crippen LogP contribution in [0.3, 0.4) is 0 Å². The van der Waals surface area contributed by atoms with E-state index in [2.05, 4.69) is 33.8 Å². The average molecular weight is 1220 g/mol. The summed E-state index contributed by atoms with van der Waals surface area (Å²) in [5.74, 6) is -1.92. The van der Waals surface area contributed by atoms with Crippen molar-refractivity contribution in [2.45, 2.75) is 266 Å². The van der Waals surface area contributed by atoms with Crippen LogP contribution in [-0.4, -0.2) is 274 Å².